The molecular formula is C11H20N4. The number of aromatic nitrogens is 3. The summed E-state index contributed by atoms with van der Waals surface area (Å²) < 4.78 is 2.21. The maximum atomic E-state index is 5.95. The van der Waals surface area contributed by atoms with Gasteiger partial charge in [0.25, 0.3) is 0 Å². The molecule has 15 heavy (non-hydrogen) atoms. The van der Waals surface area contributed by atoms with Gasteiger partial charge in [0.1, 0.15) is 11.6 Å². The predicted molar refractivity (Wildman–Crippen MR) is 59.6 cm³/mol. The molecule has 0 amide bonds. The van der Waals surface area contributed by atoms with Crippen LogP contribution in [0, 0.1) is 6.92 Å². The molecule has 1 fully saturated rings. The van der Waals surface area contributed by atoms with E-state index in [0.29, 0.717) is 6.54 Å². The molecule has 0 aliphatic heterocycles. The van der Waals surface area contributed by atoms with E-state index in [1.165, 1.54) is 25.7 Å². The molecule has 0 unspecified atom stereocenters. The zero-order chi connectivity index (χ0) is 10.9. The van der Waals surface area contributed by atoms with E-state index in [2.05, 4.69) is 21.7 Å². The van der Waals surface area contributed by atoms with Crippen LogP contribution in [0.15, 0.2) is 0 Å². The summed E-state index contributed by atoms with van der Waals surface area (Å²) in [5.74, 6) is 2.12. The minimum absolute atomic E-state index is 0.108. The summed E-state index contributed by atoms with van der Waals surface area (Å²) in [5, 5.41) is 8.53. The molecule has 1 saturated carbocycles. The highest BCUT2D eigenvalue weighted by Gasteiger charge is 2.38. The Balaban J connectivity index is 2.42. The van der Waals surface area contributed by atoms with E-state index in [-0.39, 0.29) is 5.41 Å². The molecule has 1 aromatic heterocycles. The summed E-state index contributed by atoms with van der Waals surface area (Å²) in [5.41, 5.74) is 6.06. The number of hydrogen-bond donors (Lipinski definition) is 1. The van der Waals surface area contributed by atoms with Crippen molar-refractivity contribution in [2.75, 3.05) is 6.54 Å². The van der Waals surface area contributed by atoms with Crippen LogP contribution in [0.1, 0.15) is 44.3 Å². The second kappa shape index (κ2) is 3.93. The fourth-order valence-corrected chi connectivity index (χ4v) is 2.72. The minimum atomic E-state index is 0.108. The Labute approximate surface area is 90.9 Å². The predicted octanol–water partition coefficient (Wildman–Crippen LogP) is 1.38. The normalized spacial score (nSPS) is 19.7. The van der Waals surface area contributed by atoms with Crippen LogP contribution in [-0.4, -0.2) is 21.3 Å². The minimum Gasteiger partial charge on any atom is -0.329 e. The van der Waals surface area contributed by atoms with Crippen LogP contribution in [0.3, 0.4) is 0 Å². The molecule has 84 valence electrons. The Kier molecular flexibility index (Phi) is 2.78. The second-order valence-electron chi connectivity index (χ2n) is 4.51. The van der Waals surface area contributed by atoms with Gasteiger partial charge >= 0.3 is 0 Å². The van der Waals surface area contributed by atoms with Gasteiger partial charge in [-0.3, -0.25) is 0 Å². The fraction of sp³-hybridized carbons (Fsp3) is 0.818. The number of nitrogens with zero attached hydrogens (tertiary/aromatic N) is 3. The monoisotopic (exact) mass is 208 g/mol. The first-order chi connectivity index (χ1) is 7.23. The molecule has 0 bridgehead atoms. The van der Waals surface area contributed by atoms with E-state index in [1.54, 1.807) is 0 Å². The van der Waals surface area contributed by atoms with Gasteiger partial charge in [-0.05, 0) is 26.7 Å². The van der Waals surface area contributed by atoms with Crippen molar-refractivity contribution in [2.45, 2.75) is 51.5 Å². The van der Waals surface area contributed by atoms with Crippen LogP contribution in [-0.2, 0) is 12.0 Å². The maximum absolute atomic E-state index is 5.95. The van der Waals surface area contributed by atoms with Gasteiger partial charge < -0.3 is 10.3 Å². The molecular weight excluding hydrogens is 188 g/mol. The average Bonchev–Trinajstić information content (AvgIpc) is 2.84. The smallest absolute Gasteiger partial charge is 0.140 e. The van der Waals surface area contributed by atoms with E-state index in [4.69, 9.17) is 5.73 Å². The molecule has 1 heterocycles. The average molecular weight is 208 g/mol. The Morgan fingerprint density at radius 3 is 2.53 bits per heavy atom. The van der Waals surface area contributed by atoms with Gasteiger partial charge in [-0.15, -0.1) is 10.2 Å². The van der Waals surface area contributed by atoms with Crippen molar-refractivity contribution in [3.05, 3.63) is 11.6 Å². The van der Waals surface area contributed by atoms with Gasteiger partial charge in [0.05, 0.1) is 0 Å². The van der Waals surface area contributed by atoms with Crippen molar-refractivity contribution in [1.29, 1.82) is 0 Å². The topological polar surface area (TPSA) is 56.7 Å². The Hall–Kier alpha value is -0.900. The van der Waals surface area contributed by atoms with Crippen molar-refractivity contribution in [3.63, 3.8) is 0 Å². The quantitative estimate of drug-likeness (QED) is 0.816. The van der Waals surface area contributed by atoms with Crippen LogP contribution in [0.25, 0.3) is 0 Å². The van der Waals surface area contributed by atoms with Gasteiger partial charge in [-0.2, -0.15) is 0 Å². The van der Waals surface area contributed by atoms with E-state index < -0.39 is 0 Å². The molecule has 1 aromatic rings. The third-order valence-electron chi connectivity index (χ3n) is 3.68. The van der Waals surface area contributed by atoms with Gasteiger partial charge in [0, 0.05) is 18.5 Å². The molecule has 4 heteroatoms. The lowest BCUT2D eigenvalue weighted by Gasteiger charge is -2.26. The van der Waals surface area contributed by atoms with E-state index >= 15 is 0 Å². The summed E-state index contributed by atoms with van der Waals surface area (Å²) in [6.45, 7) is 5.79. The Morgan fingerprint density at radius 2 is 2.00 bits per heavy atom. The SMILES string of the molecule is CCn1c(C)nnc1C1(CN)CCCC1. The maximum Gasteiger partial charge on any atom is 0.140 e. The highest BCUT2D eigenvalue weighted by atomic mass is 15.3. The number of nitrogens with two attached hydrogens (primary N) is 1. The first kappa shape index (κ1) is 10.6. The van der Waals surface area contributed by atoms with Gasteiger partial charge in [-0.25, -0.2) is 0 Å². The number of rotatable bonds is 3. The molecule has 2 rings (SSSR count). The zero-order valence-electron chi connectivity index (χ0n) is 9.66. The molecule has 0 saturated heterocycles. The van der Waals surface area contributed by atoms with Gasteiger partial charge in [-0.1, -0.05) is 12.8 Å². The first-order valence-electron chi connectivity index (χ1n) is 5.84. The molecule has 1 aliphatic rings. The summed E-state index contributed by atoms with van der Waals surface area (Å²) in [6.07, 6.45) is 4.88. The van der Waals surface area contributed by atoms with Crippen molar-refractivity contribution in [3.8, 4) is 0 Å². The van der Waals surface area contributed by atoms with Crippen LogP contribution in [0.4, 0.5) is 0 Å². The lowest BCUT2D eigenvalue weighted by molar-refractivity contribution is 0.402. The van der Waals surface area contributed by atoms with Crippen molar-refractivity contribution in [2.24, 2.45) is 5.73 Å². The molecule has 0 atom stereocenters. The molecule has 1 aliphatic carbocycles. The van der Waals surface area contributed by atoms with Crippen LogP contribution in [0.2, 0.25) is 0 Å². The largest absolute Gasteiger partial charge is 0.329 e. The highest BCUT2D eigenvalue weighted by molar-refractivity contribution is 5.13. The van der Waals surface area contributed by atoms with E-state index in [1.807, 2.05) is 6.92 Å². The molecule has 4 nitrogen and oxygen atoms in total. The van der Waals surface area contributed by atoms with Gasteiger partial charge in [0.15, 0.2) is 0 Å². The van der Waals surface area contributed by atoms with E-state index in [0.717, 1.165) is 18.2 Å². The lowest BCUT2D eigenvalue weighted by atomic mass is 9.85. The summed E-state index contributed by atoms with van der Waals surface area (Å²) in [6, 6.07) is 0. The lowest BCUT2D eigenvalue weighted by Crippen LogP contribution is -2.35. The van der Waals surface area contributed by atoms with Crippen LogP contribution < -0.4 is 5.73 Å². The highest BCUT2D eigenvalue weighted by Crippen LogP contribution is 2.39. The number of aryl methyl sites for hydroxylation is 1. The van der Waals surface area contributed by atoms with Crippen molar-refractivity contribution < 1.29 is 0 Å². The third kappa shape index (κ3) is 1.57. The molecule has 0 radical (unpaired) electrons. The van der Waals surface area contributed by atoms with Crippen LogP contribution in [0.5, 0.6) is 0 Å². The fourth-order valence-electron chi connectivity index (χ4n) is 2.72. The summed E-state index contributed by atoms with van der Waals surface area (Å²) in [4.78, 5) is 0. The Bertz CT molecular complexity index is 336. The van der Waals surface area contributed by atoms with E-state index in [9.17, 15) is 0 Å². The first-order valence-corrected chi connectivity index (χ1v) is 5.84. The molecule has 0 aromatic carbocycles. The number of hydrogen-bond acceptors (Lipinski definition) is 3. The second-order valence-corrected chi connectivity index (χ2v) is 4.51. The standard InChI is InChI=1S/C11H20N4/c1-3-15-9(2)13-14-10(15)11(8-12)6-4-5-7-11/h3-8,12H2,1-2H3. The summed E-state index contributed by atoms with van der Waals surface area (Å²) in [7, 11) is 0. The van der Waals surface area contributed by atoms with Gasteiger partial charge in [0.2, 0.25) is 0 Å². The third-order valence-corrected chi connectivity index (χ3v) is 3.68. The summed E-state index contributed by atoms with van der Waals surface area (Å²) >= 11 is 0. The Morgan fingerprint density at radius 1 is 1.33 bits per heavy atom. The molecule has 0 spiro atoms. The molecule has 2 N–H and O–H groups in total. The van der Waals surface area contributed by atoms with Crippen molar-refractivity contribution in [1.82, 2.24) is 14.8 Å². The van der Waals surface area contributed by atoms with Crippen molar-refractivity contribution >= 4 is 0 Å². The zero-order valence-corrected chi connectivity index (χ0v) is 9.66. The van der Waals surface area contributed by atoms with Crippen LogP contribution >= 0.6 is 0 Å².